The molecule has 1 aliphatic rings. The molecule has 10 heteroatoms. The first-order chi connectivity index (χ1) is 11.8. The first-order valence-electron chi connectivity index (χ1n) is 7.04. The average Bonchev–Trinajstić information content (AvgIpc) is 2.55. The summed E-state index contributed by atoms with van der Waals surface area (Å²) < 4.78 is 28.0. The summed E-state index contributed by atoms with van der Waals surface area (Å²) in [6.07, 6.45) is 0. The Morgan fingerprint density at radius 3 is 2.44 bits per heavy atom. The molecule has 0 aliphatic carbocycles. The SMILES string of the molecule is CCOC1=C(C#N)C(Nc2ccc(S(N)(=O)=O)cc2)=C(C#N)C(Cl)N1. The average molecular weight is 380 g/mol. The Hall–Kier alpha value is -2.72. The van der Waals surface area contributed by atoms with Gasteiger partial charge in [-0.05, 0) is 31.2 Å². The van der Waals surface area contributed by atoms with Crippen LogP contribution in [0, 0.1) is 22.7 Å². The van der Waals surface area contributed by atoms with Gasteiger partial charge in [0.25, 0.3) is 0 Å². The second-order valence-electron chi connectivity index (χ2n) is 4.85. The molecule has 1 atom stereocenters. The lowest BCUT2D eigenvalue weighted by Gasteiger charge is -2.25. The Morgan fingerprint density at radius 1 is 1.32 bits per heavy atom. The van der Waals surface area contributed by atoms with Crippen LogP contribution in [0.1, 0.15) is 6.92 Å². The molecule has 1 heterocycles. The Morgan fingerprint density at radius 2 is 1.96 bits per heavy atom. The van der Waals surface area contributed by atoms with Gasteiger partial charge in [-0.2, -0.15) is 10.5 Å². The maximum absolute atomic E-state index is 11.3. The van der Waals surface area contributed by atoms with Crippen molar-refractivity contribution >= 4 is 27.3 Å². The molecule has 25 heavy (non-hydrogen) atoms. The molecule has 1 aromatic carbocycles. The van der Waals surface area contributed by atoms with Gasteiger partial charge in [-0.3, -0.25) is 0 Å². The summed E-state index contributed by atoms with van der Waals surface area (Å²) in [6, 6.07) is 9.47. The highest BCUT2D eigenvalue weighted by atomic mass is 35.5. The number of hydrogen-bond donors (Lipinski definition) is 3. The van der Waals surface area contributed by atoms with Gasteiger partial charge in [0.05, 0.1) is 22.8 Å². The number of ether oxygens (including phenoxy) is 1. The fourth-order valence-corrected chi connectivity index (χ4v) is 2.89. The van der Waals surface area contributed by atoms with Crippen LogP contribution in [0.2, 0.25) is 0 Å². The van der Waals surface area contributed by atoms with E-state index >= 15 is 0 Å². The lowest BCUT2D eigenvalue weighted by Crippen LogP contribution is -2.34. The third kappa shape index (κ3) is 4.03. The van der Waals surface area contributed by atoms with Gasteiger partial charge in [0.2, 0.25) is 15.9 Å². The number of alkyl halides is 1. The minimum atomic E-state index is -3.81. The first-order valence-corrected chi connectivity index (χ1v) is 9.02. The summed E-state index contributed by atoms with van der Waals surface area (Å²) in [5.41, 5.74) is -0.0436. The van der Waals surface area contributed by atoms with Gasteiger partial charge >= 0.3 is 0 Å². The molecule has 0 saturated carbocycles. The molecule has 8 nitrogen and oxygen atoms in total. The van der Waals surface area contributed by atoms with E-state index in [4.69, 9.17) is 21.5 Å². The van der Waals surface area contributed by atoms with Gasteiger partial charge in [-0.15, -0.1) is 0 Å². The van der Waals surface area contributed by atoms with Crippen molar-refractivity contribution in [2.24, 2.45) is 5.14 Å². The minimum absolute atomic E-state index is 0.0564. The fourth-order valence-electron chi connectivity index (χ4n) is 2.11. The quantitative estimate of drug-likeness (QED) is 0.519. The number of benzene rings is 1. The van der Waals surface area contributed by atoms with Gasteiger partial charge in [-0.25, -0.2) is 13.6 Å². The Labute approximate surface area is 150 Å². The largest absolute Gasteiger partial charge is 0.478 e. The number of anilines is 1. The summed E-state index contributed by atoms with van der Waals surface area (Å²) in [7, 11) is -3.81. The van der Waals surface area contributed by atoms with Gasteiger partial charge in [-0.1, -0.05) is 11.6 Å². The Balaban J connectivity index is 2.46. The van der Waals surface area contributed by atoms with E-state index in [2.05, 4.69) is 10.6 Å². The van der Waals surface area contributed by atoms with Crippen molar-refractivity contribution in [2.75, 3.05) is 11.9 Å². The number of sulfonamides is 1. The number of nitrogens with zero attached hydrogens (tertiary/aromatic N) is 2. The van der Waals surface area contributed by atoms with Crippen LogP contribution in [0.5, 0.6) is 0 Å². The Kier molecular flexibility index (Phi) is 5.55. The van der Waals surface area contributed by atoms with Crippen molar-refractivity contribution in [3.8, 4) is 12.1 Å². The van der Waals surface area contributed by atoms with Crippen molar-refractivity contribution in [1.82, 2.24) is 5.32 Å². The van der Waals surface area contributed by atoms with Crippen molar-refractivity contribution < 1.29 is 13.2 Å². The molecule has 2 rings (SSSR count). The highest BCUT2D eigenvalue weighted by Crippen LogP contribution is 2.29. The van der Waals surface area contributed by atoms with Gasteiger partial charge in [0.15, 0.2) is 0 Å². The molecule has 0 aromatic heterocycles. The second-order valence-corrected chi connectivity index (χ2v) is 6.85. The smallest absolute Gasteiger partial charge is 0.238 e. The summed E-state index contributed by atoms with van der Waals surface area (Å²) in [5.74, 6) is 0.160. The normalized spacial score (nSPS) is 17.4. The number of nitrogens with two attached hydrogens (primary N) is 1. The molecular weight excluding hydrogens is 366 g/mol. The van der Waals surface area contributed by atoms with Crippen LogP contribution in [0.25, 0.3) is 0 Å². The number of nitrogens with one attached hydrogen (secondary N) is 2. The summed E-state index contributed by atoms with van der Waals surface area (Å²) >= 11 is 6.13. The fraction of sp³-hybridized carbons (Fsp3) is 0.200. The molecule has 0 amide bonds. The molecule has 0 saturated heterocycles. The van der Waals surface area contributed by atoms with E-state index in [1.807, 2.05) is 12.1 Å². The molecule has 1 aliphatic heterocycles. The van der Waals surface area contributed by atoms with E-state index in [1.54, 1.807) is 6.92 Å². The van der Waals surface area contributed by atoms with Crippen molar-refractivity contribution in [2.45, 2.75) is 17.3 Å². The topological polar surface area (TPSA) is 141 Å². The highest BCUT2D eigenvalue weighted by Gasteiger charge is 2.29. The molecule has 0 spiro atoms. The van der Waals surface area contributed by atoms with Crippen molar-refractivity contribution in [1.29, 1.82) is 10.5 Å². The summed E-state index contributed by atoms with van der Waals surface area (Å²) in [4.78, 5) is -0.0564. The van der Waals surface area contributed by atoms with Crippen LogP contribution in [0.3, 0.4) is 0 Å². The van der Waals surface area contributed by atoms with Gasteiger partial charge in [0.1, 0.15) is 23.2 Å². The molecule has 130 valence electrons. The van der Waals surface area contributed by atoms with E-state index < -0.39 is 15.5 Å². The molecule has 4 N–H and O–H groups in total. The van der Waals surface area contributed by atoms with E-state index in [-0.39, 0.29) is 27.6 Å². The Bertz CT molecular complexity index is 923. The van der Waals surface area contributed by atoms with Crippen LogP contribution in [0.15, 0.2) is 51.9 Å². The van der Waals surface area contributed by atoms with Crippen molar-refractivity contribution in [3.63, 3.8) is 0 Å². The van der Waals surface area contributed by atoms with Crippen LogP contribution in [-0.2, 0) is 14.8 Å². The molecular formula is C15H14ClN5O3S. The van der Waals surface area contributed by atoms with Crippen LogP contribution < -0.4 is 15.8 Å². The molecule has 1 aromatic rings. The van der Waals surface area contributed by atoms with Crippen LogP contribution in [-0.4, -0.2) is 20.5 Å². The predicted octanol–water partition coefficient (Wildman–Crippen LogP) is 1.46. The monoisotopic (exact) mass is 379 g/mol. The van der Waals surface area contributed by atoms with Crippen molar-refractivity contribution in [3.05, 3.63) is 47.0 Å². The first kappa shape index (κ1) is 18.6. The third-order valence-electron chi connectivity index (χ3n) is 3.23. The van der Waals surface area contributed by atoms with Gasteiger partial charge in [0, 0.05) is 5.69 Å². The molecule has 0 fully saturated rings. The number of rotatable bonds is 5. The lowest BCUT2D eigenvalue weighted by molar-refractivity contribution is 0.202. The molecule has 0 bridgehead atoms. The predicted molar refractivity (Wildman–Crippen MR) is 91.1 cm³/mol. The molecule has 1 unspecified atom stereocenters. The van der Waals surface area contributed by atoms with Gasteiger partial charge < -0.3 is 15.4 Å². The maximum Gasteiger partial charge on any atom is 0.238 e. The number of allylic oxidation sites excluding steroid dienone is 1. The number of hydrogen-bond acceptors (Lipinski definition) is 7. The second kappa shape index (κ2) is 7.45. The van der Waals surface area contributed by atoms with Crippen LogP contribution >= 0.6 is 11.6 Å². The van der Waals surface area contributed by atoms with E-state index in [0.29, 0.717) is 12.3 Å². The highest BCUT2D eigenvalue weighted by molar-refractivity contribution is 7.89. The third-order valence-corrected chi connectivity index (χ3v) is 4.49. The minimum Gasteiger partial charge on any atom is -0.478 e. The zero-order valence-corrected chi connectivity index (χ0v) is 14.6. The zero-order valence-electron chi connectivity index (χ0n) is 13.1. The number of primary sulfonamides is 1. The summed E-state index contributed by atoms with van der Waals surface area (Å²) in [5, 5.41) is 29.5. The molecule has 0 radical (unpaired) electrons. The van der Waals surface area contributed by atoms with E-state index in [1.165, 1.54) is 24.3 Å². The van der Waals surface area contributed by atoms with Crippen LogP contribution in [0.4, 0.5) is 5.69 Å². The number of dihydropyridines is 1. The lowest BCUT2D eigenvalue weighted by atomic mass is 10.0. The number of halogens is 1. The summed E-state index contributed by atoms with van der Waals surface area (Å²) in [6.45, 7) is 2.05. The van der Waals surface area contributed by atoms with E-state index in [9.17, 15) is 18.9 Å². The number of nitriles is 2. The standard InChI is InChI=1S/C15H14ClN5O3S/c1-2-24-15-12(8-18)13(11(7-17)14(16)21-15)20-9-3-5-10(6-4-9)25(19,22)23/h3-6,14,20-21H,2H2,1H3,(H2,19,22,23). The van der Waals surface area contributed by atoms with E-state index in [0.717, 1.165) is 0 Å². The zero-order chi connectivity index (χ0) is 18.6. The maximum atomic E-state index is 11.3.